The van der Waals surface area contributed by atoms with Crippen molar-refractivity contribution in [3.8, 4) is 11.5 Å². The van der Waals surface area contributed by atoms with Crippen molar-refractivity contribution >= 4 is 23.5 Å². The van der Waals surface area contributed by atoms with Gasteiger partial charge in [-0.2, -0.15) is 5.10 Å². The van der Waals surface area contributed by atoms with Crippen molar-refractivity contribution in [1.29, 1.82) is 0 Å². The Morgan fingerprint density at radius 2 is 2.16 bits per heavy atom. The normalized spacial score (nSPS) is 19.8. The number of aromatic amines is 1. The summed E-state index contributed by atoms with van der Waals surface area (Å²) in [5, 5.41) is 9.88. The quantitative estimate of drug-likeness (QED) is 0.850. The van der Waals surface area contributed by atoms with Gasteiger partial charge < -0.3 is 14.8 Å². The lowest BCUT2D eigenvalue weighted by molar-refractivity contribution is -0.115. The Balaban J connectivity index is 2.14. The van der Waals surface area contributed by atoms with E-state index in [0.29, 0.717) is 18.2 Å². The average Bonchev–Trinajstić information content (AvgIpc) is 2.91. The third kappa shape index (κ3) is 3.33. The van der Waals surface area contributed by atoms with Crippen LogP contribution in [-0.4, -0.2) is 35.1 Å². The molecule has 0 spiro atoms. The number of amides is 1. The SMILES string of the molecule is CCCOc1c(OC)cccc1C1SC(C)C(=O)Nc2n[nH]c(C)c21. The molecule has 0 fully saturated rings. The molecule has 3 rings (SSSR count). The number of nitrogens with zero attached hydrogens (tertiary/aromatic N) is 1. The van der Waals surface area contributed by atoms with E-state index in [1.807, 2.05) is 32.0 Å². The van der Waals surface area contributed by atoms with Gasteiger partial charge in [0.15, 0.2) is 17.3 Å². The molecule has 0 aliphatic carbocycles. The maximum absolute atomic E-state index is 12.3. The summed E-state index contributed by atoms with van der Waals surface area (Å²) in [6, 6.07) is 5.88. The molecule has 25 heavy (non-hydrogen) atoms. The second-order valence-corrected chi connectivity index (χ2v) is 7.44. The highest BCUT2D eigenvalue weighted by Gasteiger charge is 2.34. The standard InChI is InChI=1S/C18H23N3O3S/c1-5-9-24-15-12(7-6-8-13(15)23-4)16-14-10(2)20-21-17(14)19-18(22)11(3)25-16/h6-8,11,16H,5,9H2,1-4H3,(H2,19,20,21,22). The molecule has 0 saturated carbocycles. The third-order valence-electron chi connectivity index (χ3n) is 4.17. The van der Waals surface area contributed by atoms with Crippen LogP contribution in [0.4, 0.5) is 5.82 Å². The van der Waals surface area contributed by atoms with Gasteiger partial charge in [0.1, 0.15) is 0 Å². The van der Waals surface area contributed by atoms with E-state index in [0.717, 1.165) is 29.0 Å². The van der Waals surface area contributed by atoms with Crippen LogP contribution in [0.25, 0.3) is 0 Å². The molecule has 0 radical (unpaired) electrons. The Kier molecular flexibility index (Phi) is 5.22. The van der Waals surface area contributed by atoms with Crippen molar-refractivity contribution < 1.29 is 14.3 Å². The summed E-state index contributed by atoms with van der Waals surface area (Å²) >= 11 is 1.59. The van der Waals surface area contributed by atoms with E-state index >= 15 is 0 Å². The molecule has 0 bridgehead atoms. The molecule has 2 aromatic rings. The summed E-state index contributed by atoms with van der Waals surface area (Å²) in [5.41, 5.74) is 2.91. The molecule has 2 N–H and O–H groups in total. The van der Waals surface area contributed by atoms with Crippen LogP contribution in [0.15, 0.2) is 18.2 Å². The molecular weight excluding hydrogens is 338 g/mol. The number of ether oxygens (including phenoxy) is 2. The number of methoxy groups -OCH3 is 1. The highest BCUT2D eigenvalue weighted by Crippen LogP contribution is 2.49. The lowest BCUT2D eigenvalue weighted by atomic mass is 10.0. The van der Waals surface area contributed by atoms with Gasteiger partial charge in [-0.3, -0.25) is 9.89 Å². The summed E-state index contributed by atoms with van der Waals surface area (Å²) < 4.78 is 11.5. The summed E-state index contributed by atoms with van der Waals surface area (Å²) in [6.07, 6.45) is 0.904. The lowest BCUT2D eigenvalue weighted by Crippen LogP contribution is -2.21. The molecule has 6 nitrogen and oxygen atoms in total. The highest BCUT2D eigenvalue weighted by molar-refractivity contribution is 8.01. The van der Waals surface area contributed by atoms with Crippen LogP contribution in [0.3, 0.4) is 0 Å². The van der Waals surface area contributed by atoms with Crippen molar-refractivity contribution in [2.45, 2.75) is 37.7 Å². The number of aryl methyl sites for hydroxylation is 1. The van der Waals surface area contributed by atoms with Gasteiger partial charge in [-0.15, -0.1) is 11.8 Å². The number of H-pyrrole nitrogens is 1. The van der Waals surface area contributed by atoms with Gasteiger partial charge in [0.25, 0.3) is 0 Å². The Hall–Kier alpha value is -2.15. The second kappa shape index (κ2) is 7.39. The van der Waals surface area contributed by atoms with Crippen LogP contribution in [0.1, 0.15) is 42.3 Å². The number of anilines is 1. The Morgan fingerprint density at radius 3 is 2.88 bits per heavy atom. The number of hydrogen-bond acceptors (Lipinski definition) is 5. The van der Waals surface area contributed by atoms with E-state index in [-0.39, 0.29) is 16.4 Å². The molecule has 7 heteroatoms. The maximum Gasteiger partial charge on any atom is 0.238 e. The zero-order chi connectivity index (χ0) is 18.0. The molecule has 2 atom stereocenters. The fourth-order valence-electron chi connectivity index (χ4n) is 2.89. The molecule has 2 unspecified atom stereocenters. The number of aromatic nitrogens is 2. The van der Waals surface area contributed by atoms with E-state index in [4.69, 9.17) is 9.47 Å². The Bertz CT molecular complexity index is 775. The van der Waals surface area contributed by atoms with Crippen molar-refractivity contribution in [2.75, 3.05) is 19.0 Å². The van der Waals surface area contributed by atoms with Crippen LogP contribution in [-0.2, 0) is 4.79 Å². The number of nitrogens with one attached hydrogen (secondary N) is 2. The van der Waals surface area contributed by atoms with E-state index in [9.17, 15) is 4.79 Å². The first-order valence-electron chi connectivity index (χ1n) is 8.37. The van der Waals surface area contributed by atoms with Crippen molar-refractivity contribution in [1.82, 2.24) is 10.2 Å². The van der Waals surface area contributed by atoms with Gasteiger partial charge in [0.05, 0.1) is 24.2 Å². The summed E-state index contributed by atoms with van der Waals surface area (Å²) in [5.74, 6) is 1.98. The van der Waals surface area contributed by atoms with Crippen molar-refractivity contribution in [2.24, 2.45) is 0 Å². The minimum atomic E-state index is -0.205. The monoisotopic (exact) mass is 361 g/mol. The fraction of sp³-hybridized carbons (Fsp3) is 0.444. The summed E-state index contributed by atoms with van der Waals surface area (Å²) in [6.45, 7) is 6.55. The molecule has 2 heterocycles. The number of rotatable bonds is 5. The van der Waals surface area contributed by atoms with E-state index in [1.54, 1.807) is 18.9 Å². The van der Waals surface area contributed by atoms with Gasteiger partial charge in [-0.1, -0.05) is 19.1 Å². The van der Waals surface area contributed by atoms with Gasteiger partial charge in [0.2, 0.25) is 5.91 Å². The zero-order valence-electron chi connectivity index (χ0n) is 14.9. The fourth-order valence-corrected chi connectivity index (χ4v) is 4.24. The number of carbonyl (C=O) groups is 1. The molecule has 1 amide bonds. The first-order valence-corrected chi connectivity index (χ1v) is 9.32. The van der Waals surface area contributed by atoms with Crippen LogP contribution in [0.5, 0.6) is 11.5 Å². The number of carbonyl (C=O) groups excluding carboxylic acids is 1. The summed E-state index contributed by atoms with van der Waals surface area (Å²) in [7, 11) is 1.64. The largest absolute Gasteiger partial charge is 0.493 e. The predicted molar refractivity (Wildman–Crippen MR) is 99.6 cm³/mol. The van der Waals surface area contributed by atoms with Gasteiger partial charge >= 0.3 is 0 Å². The van der Waals surface area contributed by atoms with Crippen LogP contribution in [0.2, 0.25) is 0 Å². The Labute approximate surface area is 151 Å². The lowest BCUT2D eigenvalue weighted by Gasteiger charge is -2.22. The van der Waals surface area contributed by atoms with Crippen LogP contribution >= 0.6 is 11.8 Å². The summed E-state index contributed by atoms with van der Waals surface area (Å²) in [4.78, 5) is 12.3. The molecule has 1 aliphatic heterocycles. The van der Waals surface area contributed by atoms with Gasteiger partial charge in [-0.05, 0) is 26.3 Å². The maximum atomic E-state index is 12.3. The molecule has 134 valence electrons. The minimum absolute atomic E-state index is 0.0424. The van der Waals surface area contributed by atoms with Gasteiger partial charge in [0, 0.05) is 16.8 Å². The van der Waals surface area contributed by atoms with Crippen molar-refractivity contribution in [3.05, 3.63) is 35.0 Å². The predicted octanol–water partition coefficient (Wildman–Crippen LogP) is 3.68. The highest BCUT2D eigenvalue weighted by atomic mass is 32.2. The average molecular weight is 361 g/mol. The van der Waals surface area contributed by atoms with Crippen LogP contribution < -0.4 is 14.8 Å². The van der Waals surface area contributed by atoms with E-state index in [1.165, 1.54) is 0 Å². The molecule has 0 saturated heterocycles. The minimum Gasteiger partial charge on any atom is -0.493 e. The third-order valence-corrected chi connectivity index (χ3v) is 5.55. The molecule has 1 aromatic heterocycles. The van der Waals surface area contributed by atoms with Crippen LogP contribution in [0, 0.1) is 6.92 Å². The number of hydrogen-bond donors (Lipinski definition) is 2. The molecule has 1 aliphatic rings. The van der Waals surface area contributed by atoms with E-state index < -0.39 is 0 Å². The number of thioether (sulfide) groups is 1. The zero-order valence-corrected chi connectivity index (χ0v) is 15.7. The number of fused-ring (bicyclic) bond motifs is 1. The van der Waals surface area contributed by atoms with Gasteiger partial charge in [-0.25, -0.2) is 0 Å². The smallest absolute Gasteiger partial charge is 0.238 e. The number of benzene rings is 1. The van der Waals surface area contributed by atoms with E-state index in [2.05, 4.69) is 22.4 Å². The first-order chi connectivity index (χ1) is 12.1. The second-order valence-electron chi connectivity index (χ2n) is 5.99. The molecular formula is C18H23N3O3S. The number of para-hydroxylation sites is 1. The van der Waals surface area contributed by atoms with Crippen molar-refractivity contribution in [3.63, 3.8) is 0 Å². The first kappa shape index (κ1) is 17.7. The topological polar surface area (TPSA) is 76.2 Å². The molecule has 1 aromatic carbocycles. The Morgan fingerprint density at radius 1 is 1.36 bits per heavy atom.